The molecular formula is C11H11NO4. The molecule has 0 amide bonds. The van der Waals surface area contributed by atoms with Gasteiger partial charge in [0.05, 0.1) is 0 Å². The fourth-order valence-corrected chi connectivity index (χ4v) is 0.910. The van der Waals surface area contributed by atoms with Crippen molar-refractivity contribution in [2.45, 2.75) is 13.5 Å². The largest absolute Gasteiger partial charge is 0.456 e. The van der Waals surface area contributed by atoms with Crippen LogP contribution in [0.25, 0.3) is 0 Å². The number of esters is 1. The quantitative estimate of drug-likeness (QED) is 0.332. The van der Waals surface area contributed by atoms with Crippen molar-refractivity contribution in [2.75, 3.05) is 0 Å². The summed E-state index contributed by atoms with van der Waals surface area (Å²) in [6, 6.07) is 9.21. The molecule has 5 nitrogen and oxygen atoms in total. The van der Waals surface area contributed by atoms with E-state index in [0.717, 1.165) is 11.8 Å². The van der Waals surface area contributed by atoms with Crippen molar-refractivity contribution in [3.8, 4) is 0 Å². The van der Waals surface area contributed by atoms with Crippen LogP contribution in [0.2, 0.25) is 0 Å². The summed E-state index contributed by atoms with van der Waals surface area (Å²) in [5.41, 5.74) is 0.872. The summed E-state index contributed by atoms with van der Waals surface area (Å²) in [5.74, 6) is -1.25. The molecule has 0 aliphatic rings. The molecular weight excluding hydrogens is 210 g/mol. The molecule has 0 bridgehead atoms. The summed E-state index contributed by atoms with van der Waals surface area (Å²) < 4.78 is 4.83. The van der Waals surface area contributed by atoms with Crippen LogP contribution >= 0.6 is 0 Å². The molecule has 0 radical (unpaired) electrons. The summed E-state index contributed by atoms with van der Waals surface area (Å²) in [5, 5.41) is 3.13. The van der Waals surface area contributed by atoms with Crippen molar-refractivity contribution in [3.63, 3.8) is 0 Å². The molecule has 0 aliphatic heterocycles. The van der Waals surface area contributed by atoms with E-state index in [2.05, 4.69) is 9.99 Å². The molecule has 1 rings (SSSR count). The molecule has 0 saturated heterocycles. The van der Waals surface area contributed by atoms with Gasteiger partial charge in [0.2, 0.25) is 0 Å². The van der Waals surface area contributed by atoms with Crippen LogP contribution in [0.3, 0.4) is 0 Å². The number of ether oxygens (including phenoxy) is 1. The van der Waals surface area contributed by atoms with Crippen LogP contribution in [0.5, 0.6) is 0 Å². The van der Waals surface area contributed by atoms with Crippen LogP contribution in [0.4, 0.5) is 0 Å². The van der Waals surface area contributed by atoms with Gasteiger partial charge >= 0.3 is 11.9 Å². The second-order valence-electron chi connectivity index (χ2n) is 2.91. The van der Waals surface area contributed by atoms with E-state index in [-0.39, 0.29) is 6.61 Å². The molecule has 0 spiro atoms. The maximum atomic E-state index is 11.0. The molecule has 84 valence electrons. The maximum absolute atomic E-state index is 11.0. The predicted molar refractivity (Wildman–Crippen MR) is 56.5 cm³/mol. The summed E-state index contributed by atoms with van der Waals surface area (Å²) in [6.45, 7) is 1.35. The van der Waals surface area contributed by atoms with Gasteiger partial charge in [-0.25, -0.2) is 9.59 Å². The van der Waals surface area contributed by atoms with E-state index in [9.17, 15) is 9.59 Å². The van der Waals surface area contributed by atoms with Gasteiger partial charge in [0.1, 0.15) is 6.61 Å². The third kappa shape index (κ3) is 4.90. The number of rotatable bonds is 4. The van der Waals surface area contributed by atoms with E-state index < -0.39 is 11.9 Å². The topological polar surface area (TPSA) is 65.0 Å². The molecule has 16 heavy (non-hydrogen) atoms. The molecule has 0 fully saturated rings. The van der Waals surface area contributed by atoms with Crippen molar-refractivity contribution in [2.24, 2.45) is 5.16 Å². The van der Waals surface area contributed by atoms with Crippen molar-refractivity contribution in [1.82, 2.24) is 0 Å². The average molecular weight is 221 g/mol. The van der Waals surface area contributed by atoms with Crippen LogP contribution in [-0.2, 0) is 25.8 Å². The van der Waals surface area contributed by atoms with E-state index in [4.69, 9.17) is 4.74 Å². The number of hydrogen-bond acceptors (Lipinski definition) is 5. The molecule has 0 N–H and O–H groups in total. The van der Waals surface area contributed by atoms with Crippen LogP contribution < -0.4 is 0 Å². The molecule has 0 atom stereocenters. The summed E-state index contributed by atoms with van der Waals surface area (Å²) in [4.78, 5) is 25.5. The lowest BCUT2D eigenvalue weighted by atomic mass is 10.2. The standard InChI is InChI=1S/C11H11NO4/c1-9(13)16-12-7-11(14)15-8-10-5-3-2-4-6-10/h2-7H,8H2,1H3/b12-7+. The molecule has 0 saturated carbocycles. The van der Waals surface area contributed by atoms with Gasteiger partial charge in [-0.05, 0) is 5.56 Å². The number of nitrogens with zero attached hydrogens (tertiary/aromatic N) is 1. The first kappa shape index (κ1) is 11.9. The van der Waals surface area contributed by atoms with Crippen molar-refractivity contribution < 1.29 is 19.2 Å². The van der Waals surface area contributed by atoms with Gasteiger partial charge in [-0.15, -0.1) is 0 Å². The first-order valence-corrected chi connectivity index (χ1v) is 4.60. The highest BCUT2D eigenvalue weighted by molar-refractivity contribution is 6.22. The minimum absolute atomic E-state index is 0.158. The fourth-order valence-electron chi connectivity index (χ4n) is 0.910. The fraction of sp³-hybridized carbons (Fsp3) is 0.182. The Labute approximate surface area is 92.7 Å². The number of hydrogen-bond donors (Lipinski definition) is 0. The second kappa shape index (κ2) is 6.34. The Morgan fingerprint density at radius 3 is 2.62 bits per heavy atom. The number of carbonyl (C=O) groups excluding carboxylic acids is 2. The summed E-state index contributed by atoms with van der Waals surface area (Å²) in [6.07, 6.45) is 0.810. The Morgan fingerprint density at radius 2 is 2.00 bits per heavy atom. The molecule has 0 aliphatic carbocycles. The van der Waals surface area contributed by atoms with Gasteiger partial charge in [0.25, 0.3) is 0 Å². The lowest BCUT2D eigenvalue weighted by molar-refractivity contribution is -0.141. The zero-order chi connectivity index (χ0) is 11.8. The normalized spacial score (nSPS) is 10.1. The lowest BCUT2D eigenvalue weighted by Gasteiger charge is -2.00. The van der Waals surface area contributed by atoms with Crippen LogP contribution in [-0.4, -0.2) is 18.2 Å². The van der Waals surface area contributed by atoms with Crippen LogP contribution in [0.1, 0.15) is 12.5 Å². The van der Waals surface area contributed by atoms with E-state index in [1.807, 2.05) is 30.3 Å². The lowest BCUT2D eigenvalue weighted by Crippen LogP contribution is -2.06. The number of oxime groups is 1. The predicted octanol–water partition coefficient (Wildman–Crippen LogP) is 1.28. The minimum atomic E-state index is -0.662. The van der Waals surface area contributed by atoms with Crippen molar-refractivity contribution in [1.29, 1.82) is 0 Å². The molecule has 5 heteroatoms. The van der Waals surface area contributed by atoms with Gasteiger partial charge in [-0.1, -0.05) is 35.5 Å². The highest BCUT2D eigenvalue weighted by Gasteiger charge is 1.99. The zero-order valence-corrected chi connectivity index (χ0v) is 8.75. The molecule has 1 aromatic carbocycles. The van der Waals surface area contributed by atoms with Gasteiger partial charge < -0.3 is 9.57 Å². The monoisotopic (exact) mass is 221 g/mol. The van der Waals surface area contributed by atoms with E-state index >= 15 is 0 Å². The van der Waals surface area contributed by atoms with Gasteiger partial charge in [-0.3, -0.25) is 0 Å². The first-order valence-electron chi connectivity index (χ1n) is 4.60. The third-order valence-corrected chi connectivity index (χ3v) is 1.56. The van der Waals surface area contributed by atoms with Crippen molar-refractivity contribution >= 4 is 18.2 Å². The van der Waals surface area contributed by atoms with Crippen LogP contribution in [0, 0.1) is 0 Å². The Hall–Kier alpha value is -2.17. The molecule has 0 unspecified atom stereocenters. The van der Waals surface area contributed by atoms with Gasteiger partial charge in [0.15, 0.2) is 6.21 Å². The second-order valence-corrected chi connectivity index (χ2v) is 2.91. The minimum Gasteiger partial charge on any atom is -0.456 e. The molecule has 1 aromatic rings. The maximum Gasteiger partial charge on any atom is 0.353 e. The number of benzene rings is 1. The molecule has 0 heterocycles. The molecule has 0 aromatic heterocycles. The van der Waals surface area contributed by atoms with E-state index in [1.165, 1.54) is 6.92 Å². The number of carbonyl (C=O) groups is 2. The van der Waals surface area contributed by atoms with Gasteiger partial charge in [0, 0.05) is 6.92 Å². The Balaban J connectivity index is 2.30. The third-order valence-electron chi connectivity index (χ3n) is 1.56. The van der Waals surface area contributed by atoms with Crippen molar-refractivity contribution in [3.05, 3.63) is 35.9 Å². The SMILES string of the molecule is CC(=O)O/N=C/C(=O)OCc1ccccc1. The summed E-state index contributed by atoms with van der Waals surface area (Å²) >= 11 is 0. The highest BCUT2D eigenvalue weighted by atomic mass is 16.7. The Bertz CT molecular complexity index is 386. The van der Waals surface area contributed by atoms with E-state index in [0.29, 0.717) is 0 Å². The van der Waals surface area contributed by atoms with E-state index in [1.54, 1.807) is 0 Å². The first-order chi connectivity index (χ1) is 7.68. The highest BCUT2D eigenvalue weighted by Crippen LogP contribution is 1.99. The zero-order valence-electron chi connectivity index (χ0n) is 8.75. The Morgan fingerprint density at radius 1 is 1.31 bits per heavy atom. The van der Waals surface area contributed by atoms with Gasteiger partial charge in [-0.2, -0.15) is 0 Å². The summed E-state index contributed by atoms with van der Waals surface area (Å²) in [7, 11) is 0. The smallest absolute Gasteiger partial charge is 0.353 e. The van der Waals surface area contributed by atoms with Crippen LogP contribution in [0.15, 0.2) is 35.5 Å². The Kier molecular flexibility index (Phi) is 4.72. The average Bonchev–Trinajstić information content (AvgIpc) is 2.27.